The molecule has 2 aromatic rings. The molecule has 2 bridgehead atoms. The van der Waals surface area contributed by atoms with E-state index in [1.807, 2.05) is 24.3 Å². The van der Waals surface area contributed by atoms with Crippen LogP contribution in [0.3, 0.4) is 0 Å². The van der Waals surface area contributed by atoms with Crippen molar-refractivity contribution in [2.24, 2.45) is 18.9 Å². The second-order valence-corrected chi connectivity index (χ2v) is 8.67. The van der Waals surface area contributed by atoms with Crippen molar-refractivity contribution in [2.75, 3.05) is 26.2 Å². The Bertz CT molecular complexity index is 864. The van der Waals surface area contributed by atoms with Gasteiger partial charge in [0.25, 0.3) is 5.91 Å². The number of carbonyl (C=O) groups is 1. The van der Waals surface area contributed by atoms with Crippen LogP contribution in [0, 0.1) is 11.8 Å². The SMILES string of the molecule is Cn1nnc(-c2ccc(C(=O)NC[C@H]3[C@@H]4CNC[C@@H](C4)[C@@H]4CCCCN43)cc2)n1. The van der Waals surface area contributed by atoms with Crippen molar-refractivity contribution >= 4 is 5.91 Å². The minimum absolute atomic E-state index is 0.0110. The van der Waals surface area contributed by atoms with Gasteiger partial charge >= 0.3 is 0 Å². The molecule has 154 valence electrons. The van der Waals surface area contributed by atoms with Gasteiger partial charge in [0.1, 0.15) is 0 Å². The van der Waals surface area contributed by atoms with Crippen LogP contribution in [0.4, 0.5) is 0 Å². The van der Waals surface area contributed by atoms with Gasteiger partial charge in [0.2, 0.25) is 5.82 Å². The Labute approximate surface area is 171 Å². The van der Waals surface area contributed by atoms with E-state index in [4.69, 9.17) is 0 Å². The number of hydrogen-bond donors (Lipinski definition) is 2. The first-order chi connectivity index (χ1) is 14.2. The van der Waals surface area contributed by atoms with Crippen LogP contribution in [0.15, 0.2) is 24.3 Å². The van der Waals surface area contributed by atoms with E-state index in [1.54, 1.807) is 7.05 Å². The minimum Gasteiger partial charge on any atom is -0.350 e. The van der Waals surface area contributed by atoms with E-state index in [-0.39, 0.29) is 5.91 Å². The van der Waals surface area contributed by atoms with Crippen molar-refractivity contribution in [2.45, 2.75) is 37.8 Å². The number of aryl methyl sites for hydroxylation is 1. The molecule has 8 heteroatoms. The van der Waals surface area contributed by atoms with E-state index in [0.29, 0.717) is 29.4 Å². The highest BCUT2D eigenvalue weighted by molar-refractivity contribution is 5.94. The molecule has 0 saturated carbocycles. The first-order valence-corrected chi connectivity index (χ1v) is 10.8. The van der Waals surface area contributed by atoms with Gasteiger partial charge in [0, 0.05) is 29.8 Å². The summed E-state index contributed by atoms with van der Waals surface area (Å²) in [6.07, 6.45) is 5.23. The van der Waals surface area contributed by atoms with Crippen LogP contribution in [0.5, 0.6) is 0 Å². The number of carbonyl (C=O) groups excluding carboxylic acids is 1. The Morgan fingerprint density at radius 3 is 2.83 bits per heavy atom. The van der Waals surface area contributed by atoms with Crippen LogP contribution in [0.25, 0.3) is 11.4 Å². The molecular weight excluding hydrogens is 366 g/mol. The largest absolute Gasteiger partial charge is 0.350 e. The minimum atomic E-state index is -0.0110. The molecular formula is C21H29N7O. The number of amides is 1. The third kappa shape index (κ3) is 3.67. The van der Waals surface area contributed by atoms with Gasteiger partial charge in [0.05, 0.1) is 7.05 Å². The number of tetrazole rings is 1. The molecule has 0 aliphatic carbocycles. The number of benzene rings is 1. The average molecular weight is 396 g/mol. The van der Waals surface area contributed by atoms with Crippen LogP contribution in [0.1, 0.15) is 36.0 Å². The van der Waals surface area contributed by atoms with E-state index in [2.05, 4.69) is 30.9 Å². The maximum absolute atomic E-state index is 12.8. The number of nitrogens with one attached hydrogen (secondary N) is 2. The van der Waals surface area contributed by atoms with E-state index in [0.717, 1.165) is 31.1 Å². The van der Waals surface area contributed by atoms with Gasteiger partial charge in [-0.2, -0.15) is 4.80 Å². The van der Waals surface area contributed by atoms with Crippen LogP contribution in [-0.2, 0) is 7.05 Å². The Balaban J connectivity index is 1.25. The summed E-state index contributed by atoms with van der Waals surface area (Å²) >= 11 is 0. The molecule has 4 atom stereocenters. The number of rotatable bonds is 4. The molecule has 0 radical (unpaired) electrons. The third-order valence-electron chi connectivity index (χ3n) is 6.91. The summed E-state index contributed by atoms with van der Waals surface area (Å²) in [6, 6.07) is 8.56. The highest BCUT2D eigenvalue weighted by atomic mass is 16.1. The predicted molar refractivity (Wildman–Crippen MR) is 109 cm³/mol. The van der Waals surface area contributed by atoms with Crippen molar-refractivity contribution < 1.29 is 4.79 Å². The molecule has 8 nitrogen and oxygen atoms in total. The van der Waals surface area contributed by atoms with Gasteiger partial charge in [-0.15, -0.1) is 10.2 Å². The van der Waals surface area contributed by atoms with Crippen molar-refractivity contribution in [3.8, 4) is 11.4 Å². The van der Waals surface area contributed by atoms with Crippen LogP contribution >= 0.6 is 0 Å². The first-order valence-electron chi connectivity index (χ1n) is 10.8. The number of nitrogens with zero attached hydrogens (tertiary/aromatic N) is 5. The number of piperidine rings is 3. The Hall–Kier alpha value is -2.32. The standard InChI is InChI=1S/C21H29N7O/c1-27-25-20(24-26-27)14-5-7-15(8-6-14)21(29)23-13-19-17-10-16(11-22-12-17)18-4-2-3-9-28(18)19/h5-8,16-19,22H,2-4,9-13H2,1H3,(H,23,29)/t16-,17+,18+,19+/m1/s1. The summed E-state index contributed by atoms with van der Waals surface area (Å²) in [4.78, 5) is 16.9. The molecule has 3 aliphatic heterocycles. The van der Waals surface area contributed by atoms with E-state index >= 15 is 0 Å². The van der Waals surface area contributed by atoms with Crippen LogP contribution < -0.4 is 10.6 Å². The Morgan fingerprint density at radius 2 is 2.03 bits per heavy atom. The molecule has 3 aliphatic rings. The molecule has 0 spiro atoms. The zero-order valence-corrected chi connectivity index (χ0v) is 16.9. The summed E-state index contributed by atoms with van der Waals surface area (Å²) in [5, 5.41) is 18.9. The summed E-state index contributed by atoms with van der Waals surface area (Å²) in [5.74, 6) is 1.97. The summed E-state index contributed by atoms with van der Waals surface area (Å²) in [6.45, 7) is 4.13. The van der Waals surface area contributed by atoms with Crippen molar-refractivity contribution in [1.29, 1.82) is 0 Å². The molecule has 2 N–H and O–H groups in total. The molecule has 29 heavy (non-hydrogen) atoms. The molecule has 1 aromatic heterocycles. The van der Waals surface area contributed by atoms with E-state index in [1.165, 1.54) is 37.0 Å². The maximum atomic E-state index is 12.8. The fraction of sp³-hybridized carbons (Fsp3) is 0.619. The molecule has 5 rings (SSSR count). The van der Waals surface area contributed by atoms with Gasteiger partial charge < -0.3 is 10.6 Å². The molecule has 4 heterocycles. The summed E-state index contributed by atoms with van der Waals surface area (Å²) < 4.78 is 0. The van der Waals surface area contributed by atoms with E-state index in [9.17, 15) is 4.79 Å². The summed E-state index contributed by atoms with van der Waals surface area (Å²) in [5.41, 5.74) is 1.53. The lowest BCUT2D eigenvalue weighted by atomic mass is 9.73. The number of fused-ring (bicyclic) bond motifs is 4. The zero-order valence-electron chi connectivity index (χ0n) is 16.9. The molecule has 1 amide bonds. The number of hydrogen-bond acceptors (Lipinski definition) is 6. The summed E-state index contributed by atoms with van der Waals surface area (Å²) in [7, 11) is 1.74. The third-order valence-corrected chi connectivity index (χ3v) is 6.91. The smallest absolute Gasteiger partial charge is 0.251 e. The Kier molecular flexibility index (Phi) is 5.05. The fourth-order valence-corrected chi connectivity index (χ4v) is 5.52. The Morgan fingerprint density at radius 1 is 1.21 bits per heavy atom. The molecule has 3 fully saturated rings. The monoisotopic (exact) mass is 395 g/mol. The lowest BCUT2D eigenvalue weighted by molar-refractivity contribution is -0.0371. The van der Waals surface area contributed by atoms with Crippen LogP contribution in [-0.4, -0.2) is 69.3 Å². The highest BCUT2D eigenvalue weighted by Gasteiger charge is 2.45. The van der Waals surface area contributed by atoms with E-state index < -0.39 is 0 Å². The van der Waals surface area contributed by atoms with Gasteiger partial charge in [-0.05, 0) is 68.1 Å². The predicted octanol–water partition coefficient (Wildman–Crippen LogP) is 1.07. The fourth-order valence-electron chi connectivity index (χ4n) is 5.52. The normalized spacial score (nSPS) is 29.3. The first kappa shape index (κ1) is 18.7. The molecule has 1 aromatic carbocycles. The quantitative estimate of drug-likeness (QED) is 0.805. The van der Waals surface area contributed by atoms with Crippen molar-refractivity contribution in [1.82, 2.24) is 35.7 Å². The second-order valence-electron chi connectivity index (χ2n) is 8.67. The van der Waals surface area contributed by atoms with Crippen molar-refractivity contribution in [3.05, 3.63) is 29.8 Å². The molecule has 0 unspecified atom stereocenters. The van der Waals surface area contributed by atoms with Gasteiger partial charge in [0.15, 0.2) is 0 Å². The highest BCUT2D eigenvalue weighted by Crippen LogP contribution is 2.38. The molecule has 3 saturated heterocycles. The van der Waals surface area contributed by atoms with Gasteiger partial charge in [-0.25, -0.2) is 0 Å². The topological polar surface area (TPSA) is 88.0 Å². The average Bonchev–Trinajstić information content (AvgIpc) is 3.20. The van der Waals surface area contributed by atoms with Crippen LogP contribution in [0.2, 0.25) is 0 Å². The van der Waals surface area contributed by atoms with Gasteiger partial charge in [-0.1, -0.05) is 18.6 Å². The lowest BCUT2D eigenvalue weighted by Crippen LogP contribution is -2.65. The lowest BCUT2D eigenvalue weighted by Gasteiger charge is -2.55. The zero-order chi connectivity index (χ0) is 19.8. The number of aromatic nitrogens is 4. The second kappa shape index (κ2) is 7.84. The maximum Gasteiger partial charge on any atom is 0.251 e. The van der Waals surface area contributed by atoms with Gasteiger partial charge in [-0.3, -0.25) is 9.69 Å². The van der Waals surface area contributed by atoms with Crippen molar-refractivity contribution in [3.63, 3.8) is 0 Å².